The van der Waals surface area contributed by atoms with Crippen molar-refractivity contribution in [3.63, 3.8) is 0 Å². The van der Waals surface area contributed by atoms with Crippen molar-refractivity contribution >= 4 is 22.3 Å². The van der Waals surface area contributed by atoms with Crippen LogP contribution in [0.3, 0.4) is 0 Å². The molecule has 132 valence electrons. The fourth-order valence-electron chi connectivity index (χ4n) is 2.03. The van der Waals surface area contributed by atoms with E-state index in [1.165, 1.54) is 18.3 Å². The molecule has 0 saturated heterocycles. The lowest BCUT2D eigenvalue weighted by Gasteiger charge is -2.05. The minimum absolute atomic E-state index is 0.113. The molecular weight excluding hydrogens is 340 g/mol. The number of nitrogens with zero attached hydrogens (tertiary/aromatic N) is 1. The highest BCUT2D eigenvalue weighted by atomic mass is 32.2. The molecule has 0 bridgehead atoms. The van der Waals surface area contributed by atoms with Crippen molar-refractivity contribution in [2.45, 2.75) is 11.8 Å². The van der Waals surface area contributed by atoms with Crippen molar-refractivity contribution in [1.29, 1.82) is 0 Å². The summed E-state index contributed by atoms with van der Waals surface area (Å²) < 4.78 is 34.8. The van der Waals surface area contributed by atoms with Gasteiger partial charge in [0.1, 0.15) is 11.5 Å². The second kappa shape index (κ2) is 8.89. The summed E-state index contributed by atoms with van der Waals surface area (Å²) >= 11 is 0. The minimum Gasteiger partial charge on any atom is -0.496 e. The van der Waals surface area contributed by atoms with Gasteiger partial charge in [0.2, 0.25) is 0 Å². The first-order valence-corrected chi connectivity index (χ1v) is 9.12. The Labute approximate surface area is 147 Å². The molecule has 0 aliphatic heterocycles. The number of ether oxygens (including phenoxy) is 2. The third-order valence-corrected chi connectivity index (χ3v) is 4.43. The first-order chi connectivity index (χ1) is 12.1. The highest BCUT2D eigenvalue weighted by molar-refractivity contribution is 7.89. The van der Waals surface area contributed by atoms with Gasteiger partial charge in [-0.3, -0.25) is 0 Å². The van der Waals surface area contributed by atoms with E-state index >= 15 is 0 Å². The van der Waals surface area contributed by atoms with E-state index in [1.807, 2.05) is 31.2 Å². The van der Waals surface area contributed by atoms with E-state index in [1.54, 1.807) is 31.4 Å². The lowest BCUT2D eigenvalue weighted by atomic mass is 10.2. The molecule has 0 aliphatic carbocycles. The lowest BCUT2D eigenvalue weighted by Crippen LogP contribution is -2.18. The molecule has 0 amide bonds. The summed E-state index contributed by atoms with van der Waals surface area (Å²) in [6.45, 7) is 2.38. The molecule has 25 heavy (non-hydrogen) atoms. The van der Waals surface area contributed by atoms with E-state index in [2.05, 4.69) is 9.93 Å². The van der Waals surface area contributed by atoms with Gasteiger partial charge < -0.3 is 9.47 Å². The number of rotatable bonds is 8. The van der Waals surface area contributed by atoms with E-state index in [0.717, 1.165) is 11.3 Å². The van der Waals surface area contributed by atoms with Gasteiger partial charge in [0.15, 0.2) is 0 Å². The van der Waals surface area contributed by atoms with E-state index in [9.17, 15) is 8.42 Å². The molecule has 2 rings (SSSR count). The van der Waals surface area contributed by atoms with E-state index in [-0.39, 0.29) is 4.90 Å². The van der Waals surface area contributed by atoms with Gasteiger partial charge in [-0.05, 0) is 49.4 Å². The predicted octanol–water partition coefficient (Wildman–Crippen LogP) is 3.07. The van der Waals surface area contributed by atoms with Crippen LogP contribution in [0, 0.1) is 0 Å². The standard InChI is InChI=1S/C18H20N2O4S/c1-3-24-16-10-12-17(13-11-16)25(21,22)20-19-14-6-8-15-7-4-5-9-18(15)23-2/h4-14,20H,3H2,1-2H3/b8-6+,19-14-. The maximum Gasteiger partial charge on any atom is 0.276 e. The molecular formula is C18H20N2O4S. The molecule has 0 unspecified atom stereocenters. The molecule has 0 radical (unpaired) electrons. The van der Waals surface area contributed by atoms with Crippen molar-refractivity contribution in [2.75, 3.05) is 13.7 Å². The van der Waals surface area contributed by atoms with Crippen molar-refractivity contribution in [3.05, 3.63) is 60.2 Å². The Balaban J connectivity index is 1.99. The van der Waals surface area contributed by atoms with Crippen molar-refractivity contribution < 1.29 is 17.9 Å². The van der Waals surface area contributed by atoms with Gasteiger partial charge in [-0.2, -0.15) is 13.5 Å². The maximum absolute atomic E-state index is 12.1. The van der Waals surface area contributed by atoms with Gasteiger partial charge in [-0.15, -0.1) is 0 Å². The summed E-state index contributed by atoms with van der Waals surface area (Å²) in [7, 11) is -2.12. The SMILES string of the molecule is CCOc1ccc(S(=O)(=O)N/N=C\C=C\c2ccccc2OC)cc1. The van der Waals surface area contributed by atoms with Crippen LogP contribution in [0.25, 0.3) is 6.08 Å². The van der Waals surface area contributed by atoms with E-state index in [4.69, 9.17) is 9.47 Å². The summed E-state index contributed by atoms with van der Waals surface area (Å²) in [6.07, 6.45) is 4.75. The second-order valence-electron chi connectivity index (χ2n) is 4.88. The normalized spacial score (nSPS) is 11.8. The van der Waals surface area contributed by atoms with Crippen molar-refractivity contribution in [3.8, 4) is 11.5 Å². The fraction of sp³-hybridized carbons (Fsp3) is 0.167. The van der Waals surface area contributed by atoms with Crippen molar-refractivity contribution in [1.82, 2.24) is 4.83 Å². The Kier molecular flexibility index (Phi) is 6.59. The van der Waals surface area contributed by atoms with Gasteiger partial charge in [0, 0.05) is 11.8 Å². The Morgan fingerprint density at radius 2 is 1.84 bits per heavy atom. The van der Waals surface area contributed by atoms with Crippen LogP contribution in [-0.2, 0) is 10.0 Å². The Hall–Kier alpha value is -2.80. The van der Waals surface area contributed by atoms with E-state index < -0.39 is 10.0 Å². The van der Waals surface area contributed by atoms with Gasteiger partial charge in [-0.25, -0.2) is 4.83 Å². The van der Waals surface area contributed by atoms with Gasteiger partial charge in [-0.1, -0.05) is 18.2 Å². The van der Waals surface area contributed by atoms with Crippen LogP contribution in [0.5, 0.6) is 11.5 Å². The zero-order chi connectivity index (χ0) is 18.1. The number of hydrogen-bond donors (Lipinski definition) is 1. The molecule has 0 spiro atoms. The summed E-state index contributed by atoms with van der Waals surface area (Å²) in [5, 5.41) is 3.73. The zero-order valence-corrected chi connectivity index (χ0v) is 14.9. The molecule has 0 heterocycles. The van der Waals surface area contributed by atoms with Crippen LogP contribution in [-0.4, -0.2) is 28.3 Å². The summed E-state index contributed by atoms with van der Waals surface area (Å²) in [5.74, 6) is 1.34. The molecule has 0 aliphatic rings. The Morgan fingerprint density at radius 3 is 2.52 bits per heavy atom. The van der Waals surface area contributed by atoms with Crippen LogP contribution >= 0.6 is 0 Å². The van der Waals surface area contributed by atoms with Crippen LogP contribution in [0.1, 0.15) is 12.5 Å². The molecule has 1 N–H and O–H groups in total. The van der Waals surface area contributed by atoms with E-state index in [0.29, 0.717) is 12.4 Å². The number of hydrazone groups is 1. The lowest BCUT2D eigenvalue weighted by molar-refractivity contribution is 0.340. The number of para-hydroxylation sites is 1. The van der Waals surface area contributed by atoms with Crippen LogP contribution in [0.4, 0.5) is 0 Å². The first-order valence-electron chi connectivity index (χ1n) is 7.64. The molecule has 6 nitrogen and oxygen atoms in total. The zero-order valence-electron chi connectivity index (χ0n) is 14.0. The van der Waals surface area contributed by atoms with Gasteiger partial charge in [0.05, 0.1) is 18.6 Å². The Morgan fingerprint density at radius 1 is 1.12 bits per heavy atom. The van der Waals surface area contributed by atoms with Gasteiger partial charge in [0.25, 0.3) is 10.0 Å². The third kappa shape index (κ3) is 5.36. The van der Waals surface area contributed by atoms with Crippen LogP contribution in [0.15, 0.2) is 64.6 Å². The molecule has 0 aromatic heterocycles. The predicted molar refractivity (Wildman–Crippen MR) is 98.5 cm³/mol. The maximum atomic E-state index is 12.1. The average molecular weight is 360 g/mol. The summed E-state index contributed by atoms with van der Waals surface area (Å²) in [6, 6.07) is 13.6. The summed E-state index contributed by atoms with van der Waals surface area (Å²) in [4.78, 5) is 2.27. The number of benzene rings is 2. The Bertz CT molecular complexity index is 844. The molecule has 2 aromatic rings. The number of hydrogen-bond acceptors (Lipinski definition) is 5. The molecule has 0 saturated carbocycles. The number of nitrogens with one attached hydrogen (secondary N) is 1. The monoisotopic (exact) mass is 360 g/mol. The molecule has 0 atom stereocenters. The minimum atomic E-state index is -3.71. The number of methoxy groups -OCH3 is 1. The highest BCUT2D eigenvalue weighted by Gasteiger charge is 2.12. The average Bonchev–Trinajstić information content (AvgIpc) is 2.62. The largest absolute Gasteiger partial charge is 0.496 e. The first kappa shape index (κ1) is 18.5. The second-order valence-corrected chi connectivity index (χ2v) is 6.54. The highest BCUT2D eigenvalue weighted by Crippen LogP contribution is 2.18. The van der Waals surface area contributed by atoms with Crippen LogP contribution < -0.4 is 14.3 Å². The smallest absolute Gasteiger partial charge is 0.276 e. The third-order valence-electron chi connectivity index (χ3n) is 3.19. The van der Waals surface area contributed by atoms with Crippen molar-refractivity contribution in [2.24, 2.45) is 5.10 Å². The topological polar surface area (TPSA) is 77.0 Å². The number of allylic oxidation sites excluding steroid dienone is 1. The molecule has 7 heteroatoms. The number of sulfonamides is 1. The molecule has 2 aromatic carbocycles. The van der Waals surface area contributed by atoms with Gasteiger partial charge >= 0.3 is 0 Å². The quantitative estimate of drug-likeness (QED) is 0.580. The van der Waals surface area contributed by atoms with Crippen LogP contribution in [0.2, 0.25) is 0 Å². The molecule has 0 fully saturated rings. The fourth-order valence-corrected chi connectivity index (χ4v) is 2.83. The summed E-state index contributed by atoms with van der Waals surface area (Å²) in [5.41, 5.74) is 0.867.